The van der Waals surface area contributed by atoms with Crippen LogP contribution in [0.25, 0.3) is 10.9 Å². The highest BCUT2D eigenvalue weighted by molar-refractivity contribution is 6.04. The summed E-state index contributed by atoms with van der Waals surface area (Å²) in [5.74, 6) is -0.675. The topological polar surface area (TPSA) is 43.7 Å². The third kappa shape index (κ3) is 2.95. The second kappa shape index (κ2) is 6.60. The van der Waals surface area contributed by atoms with Gasteiger partial charge in [-0.05, 0) is 44.5 Å². The third-order valence-electron chi connectivity index (χ3n) is 6.64. The van der Waals surface area contributed by atoms with Gasteiger partial charge in [-0.15, -0.1) is 0 Å². The molecule has 3 aliphatic heterocycles. The number of piperidine rings is 1. The smallest absolute Gasteiger partial charge is 0.340 e. The minimum absolute atomic E-state index is 0.0482. The van der Waals surface area contributed by atoms with E-state index < -0.39 is 0 Å². The Balaban J connectivity index is 1.43. The first-order valence-corrected chi connectivity index (χ1v) is 9.91. The molecule has 0 radical (unpaired) electrons. The van der Waals surface area contributed by atoms with E-state index in [-0.39, 0.29) is 23.9 Å². The minimum Gasteiger partial charge on any atom is -0.459 e. The predicted molar refractivity (Wildman–Crippen MR) is 99.4 cm³/mol. The van der Waals surface area contributed by atoms with Crippen molar-refractivity contribution >= 4 is 16.9 Å². The van der Waals surface area contributed by atoms with Crippen molar-refractivity contribution < 1.29 is 18.7 Å². The molecule has 0 spiro atoms. The van der Waals surface area contributed by atoms with Gasteiger partial charge in [0.05, 0.1) is 18.2 Å². The molecule has 0 aliphatic carbocycles. The summed E-state index contributed by atoms with van der Waals surface area (Å²) in [5.41, 5.74) is 1.32. The molecule has 2 bridgehead atoms. The fourth-order valence-corrected chi connectivity index (χ4v) is 5.11. The Morgan fingerprint density at radius 3 is 2.67 bits per heavy atom. The number of nitrogens with zero attached hydrogens (tertiary/aromatic N) is 2. The Morgan fingerprint density at radius 2 is 1.96 bits per heavy atom. The van der Waals surface area contributed by atoms with Crippen LogP contribution in [0.2, 0.25) is 0 Å². The summed E-state index contributed by atoms with van der Waals surface area (Å²) in [6.45, 7) is 1.33. The summed E-state index contributed by atoms with van der Waals surface area (Å²) >= 11 is 0. The molecule has 3 fully saturated rings. The number of esters is 1. The van der Waals surface area contributed by atoms with Gasteiger partial charge in [-0.1, -0.05) is 0 Å². The summed E-state index contributed by atoms with van der Waals surface area (Å²) in [4.78, 5) is 15.4. The quantitative estimate of drug-likeness (QED) is 0.774. The van der Waals surface area contributed by atoms with Gasteiger partial charge in [-0.25, -0.2) is 9.18 Å². The minimum atomic E-state index is -0.339. The number of halogens is 1. The summed E-state index contributed by atoms with van der Waals surface area (Å²) in [6.07, 6.45) is 6.82. The average molecular weight is 372 g/mol. The lowest BCUT2D eigenvalue weighted by Crippen LogP contribution is -2.43. The van der Waals surface area contributed by atoms with Crippen LogP contribution in [0.3, 0.4) is 0 Å². The molecule has 0 unspecified atom stereocenters. The molecule has 5 nitrogen and oxygen atoms in total. The van der Waals surface area contributed by atoms with Crippen LogP contribution >= 0.6 is 0 Å². The van der Waals surface area contributed by atoms with Gasteiger partial charge in [-0.3, -0.25) is 0 Å². The van der Waals surface area contributed by atoms with E-state index in [9.17, 15) is 9.18 Å². The maximum Gasteiger partial charge on any atom is 0.340 e. The number of fused-ring (bicyclic) bond motifs is 3. The van der Waals surface area contributed by atoms with E-state index in [1.54, 1.807) is 6.07 Å². The molecule has 1 aromatic heterocycles. The Bertz CT molecular complexity index is 860. The van der Waals surface area contributed by atoms with Crippen molar-refractivity contribution in [1.29, 1.82) is 0 Å². The summed E-state index contributed by atoms with van der Waals surface area (Å²) in [6, 6.07) is 5.83. The van der Waals surface area contributed by atoms with Crippen molar-refractivity contribution in [2.75, 3.05) is 20.3 Å². The van der Waals surface area contributed by atoms with E-state index in [2.05, 4.69) is 16.5 Å². The lowest BCUT2D eigenvalue weighted by atomic mass is 10.0. The normalized spacial score (nSPS) is 30.9. The molecule has 4 heterocycles. The summed E-state index contributed by atoms with van der Waals surface area (Å²) in [7, 11) is 2.17. The van der Waals surface area contributed by atoms with Gasteiger partial charge in [0.1, 0.15) is 11.9 Å². The Morgan fingerprint density at radius 1 is 1.19 bits per heavy atom. The molecule has 3 saturated heterocycles. The number of rotatable bonds is 3. The maximum atomic E-state index is 13.9. The van der Waals surface area contributed by atoms with Gasteiger partial charge in [0.15, 0.2) is 0 Å². The molecule has 27 heavy (non-hydrogen) atoms. The van der Waals surface area contributed by atoms with Crippen molar-refractivity contribution in [2.45, 2.75) is 56.3 Å². The molecule has 0 amide bonds. The molecule has 0 N–H and O–H groups in total. The number of carbonyl (C=O) groups excluding carboxylic acids is 1. The molecule has 2 aromatic rings. The van der Waals surface area contributed by atoms with E-state index in [4.69, 9.17) is 9.47 Å². The van der Waals surface area contributed by atoms with E-state index in [0.29, 0.717) is 36.2 Å². The summed E-state index contributed by atoms with van der Waals surface area (Å²) in [5, 5.41) is 0.628. The first-order chi connectivity index (χ1) is 13.1. The second-order valence-corrected chi connectivity index (χ2v) is 8.18. The lowest BCUT2D eigenvalue weighted by Gasteiger charge is -2.35. The first kappa shape index (κ1) is 17.2. The SMILES string of the molecule is CN1[C@@H]2CC[C@H]1C[C@@H](OC(=O)c1cn([C@H]3CCOC3)c3ccc(F)cc13)C2. The average Bonchev–Trinajstić information content (AvgIpc) is 3.33. The van der Waals surface area contributed by atoms with Gasteiger partial charge in [-0.2, -0.15) is 0 Å². The van der Waals surface area contributed by atoms with E-state index in [0.717, 1.165) is 24.8 Å². The number of aromatic nitrogens is 1. The monoisotopic (exact) mass is 372 g/mol. The molecule has 5 rings (SSSR count). The van der Waals surface area contributed by atoms with Gasteiger partial charge < -0.3 is 18.9 Å². The van der Waals surface area contributed by atoms with E-state index in [1.165, 1.54) is 25.0 Å². The van der Waals surface area contributed by atoms with Crippen LogP contribution in [0.5, 0.6) is 0 Å². The van der Waals surface area contributed by atoms with Crippen LogP contribution < -0.4 is 0 Å². The van der Waals surface area contributed by atoms with Crippen molar-refractivity contribution in [3.63, 3.8) is 0 Å². The van der Waals surface area contributed by atoms with Gasteiger partial charge in [0, 0.05) is 48.6 Å². The number of hydrogen-bond acceptors (Lipinski definition) is 4. The Kier molecular flexibility index (Phi) is 4.20. The first-order valence-electron chi connectivity index (χ1n) is 9.91. The van der Waals surface area contributed by atoms with Gasteiger partial charge in [0.25, 0.3) is 0 Å². The van der Waals surface area contributed by atoms with Crippen LogP contribution in [0.1, 0.15) is 48.5 Å². The number of ether oxygens (including phenoxy) is 2. The van der Waals surface area contributed by atoms with Gasteiger partial charge >= 0.3 is 5.97 Å². The maximum absolute atomic E-state index is 13.9. The zero-order valence-electron chi connectivity index (χ0n) is 15.6. The highest BCUT2D eigenvalue weighted by Gasteiger charge is 2.40. The zero-order valence-corrected chi connectivity index (χ0v) is 15.6. The van der Waals surface area contributed by atoms with Crippen LogP contribution in [0.4, 0.5) is 4.39 Å². The van der Waals surface area contributed by atoms with Crippen LogP contribution in [-0.2, 0) is 9.47 Å². The molecule has 3 aliphatic rings. The Labute approximate surface area is 158 Å². The largest absolute Gasteiger partial charge is 0.459 e. The van der Waals surface area contributed by atoms with E-state index in [1.807, 2.05) is 6.20 Å². The number of hydrogen-bond donors (Lipinski definition) is 0. The molecule has 144 valence electrons. The third-order valence-corrected chi connectivity index (χ3v) is 6.64. The molecule has 1 aromatic carbocycles. The summed E-state index contributed by atoms with van der Waals surface area (Å²) < 4.78 is 27.3. The fourth-order valence-electron chi connectivity index (χ4n) is 5.11. The predicted octanol–water partition coefficient (Wildman–Crippen LogP) is 3.52. The fraction of sp³-hybridized carbons (Fsp3) is 0.571. The second-order valence-electron chi connectivity index (χ2n) is 8.18. The van der Waals surface area contributed by atoms with Crippen molar-refractivity contribution in [3.8, 4) is 0 Å². The number of carbonyl (C=O) groups is 1. The van der Waals surface area contributed by atoms with Gasteiger partial charge in [0.2, 0.25) is 0 Å². The van der Waals surface area contributed by atoms with E-state index >= 15 is 0 Å². The van der Waals surface area contributed by atoms with Crippen LogP contribution in [0, 0.1) is 5.82 Å². The van der Waals surface area contributed by atoms with Crippen molar-refractivity contribution in [3.05, 3.63) is 35.8 Å². The van der Waals surface area contributed by atoms with Crippen molar-refractivity contribution in [1.82, 2.24) is 9.47 Å². The lowest BCUT2D eigenvalue weighted by molar-refractivity contribution is -0.000291. The molecule has 4 atom stereocenters. The molecule has 0 saturated carbocycles. The van der Waals surface area contributed by atoms with Crippen LogP contribution in [0.15, 0.2) is 24.4 Å². The molecule has 6 heteroatoms. The van der Waals surface area contributed by atoms with Crippen LogP contribution in [-0.4, -0.2) is 53.9 Å². The molecular weight excluding hydrogens is 347 g/mol. The highest BCUT2D eigenvalue weighted by Crippen LogP contribution is 2.36. The standard InChI is InChI=1S/C21H25FN2O3/c1-23-14-3-4-15(23)10-17(9-14)27-21(25)19-11-24(16-6-7-26-12-16)20-5-2-13(22)8-18(19)20/h2,5,8,11,14-17H,3-4,6-7,9-10,12H2,1H3/t14-,15+,16-,17+/m0/s1. The number of benzene rings is 1. The molecular formula is C21H25FN2O3. The Hall–Kier alpha value is -1.92. The zero-order chi connectivity index (χ0) is 18.5. The highest BCUT2D eigenvalue weighted by atomic mass is 19.1. The van der Waals surface area contributed by atoms with Crippen molar-refractivity contribution in [2.24, 2.45) is 0 Å².